The molecule has 0 bridgehead atoms. The first kappa shape index (κ1) is 34.4. The summed E-state index contributed by atoms with van der Waals surface area (Å²) in [6.07, 6.45) is 4.88. The van der Waals surface area contributed by atoms with E-state index in [2.05, 4.69) is 18.9 Å². The minimum absolute atomic E-state index is 0.117. The molecular weight excluding hydrogens is 568 g/mol. The SMILES string of the molecule is CN(CCCCCCCC(F)(F)C(F)(F)F)CCCCC[C@@H]1Cc2cc(O)c(F)cc2[C@H]2CC[C@@]3(C)[C@@H](CC[C@@]3(C)O)[C@H]12. The smallest absolute Gasteiger partial charge is 0.453 e. The van der Waals surface area contributed by atoms with Crippen molar-refractivity contribution in [2.45, 2.75) is 134 Å². The summed E-state index contributed by atoms with van der Waals surface area (Å²) in [6, 6.07) is 3.20. The van der Waals surface area contributed by atoms with Gasteiger partial charge in [0.2, 0.25) is 0 Å². The van der Waals surface area contributed by atoms with Gasteiger partial charge in [0.15, 0.2) is 11.6 Å². The Balaban J connectivity index is 1.21. The lowest BCUT2D eigenvalue weighted by Gasteiger charge is -2.55. The summed E-state index contributed by atoms with van der Waals surface area (Å²) in [5, 5.41) is 21.4. The van der Waals surface area contributed by atoms with Crippen molar-refractivity contribution in [3.8, 4) is 5.75 Å². The van der Waals surface area contributed by atoms with Crippen molar-refractivity contribution < 1.29 is 36.6 Å². The third-order valence-corrected chi connectivity index (χ3v) is 11.6. The van der Waals surface area contributed by atoms with Crippen LogP contribution in [0.4, 0.5) is 26.3 Å². The first-order valence-electron chi connectivity index (χ1n) is 16.4. The van der Waals surface area contributed by atoms with Crippen LogP contribution in [0.1, 0.15) is 121 Å². The van der Waals surface area contributed by atoms with Crippen molar-refractivity contribution in [2.24, 2.45) is 23.2 Å². The Morgan fingerprint density at radius 1 is 0.884 bits per heavy atom. The summed E-state index contributed by atoms with van der Waals surface area (Å²) >= 11 is 0. The van der Waals surface area contributed by atoms with Gasteiger partial charge in [-0.1, -0.05) is 39.0 Å². The minimum Gasteiger partial charge on any atom is -0.505 e. The van der Waals surface area contributed by atoms with E-state index in [0.29, 0.717) is 30.6 Å². The van der Waals surface area contributed by atoms with Crippen LogP contribution in [0.3, 0.4) is 0 Å². The van der Waals surface area contributed by atoms with Crippen LogP contribution in [0.25, 0.3) is 0 Å². The third kappa shape index (κ3) is 7.50. The summed E-state index contributed by atoms with van der Waals surface area (Å²) in [7, 11) is 2.06. The summed E-state index contributed by atoms with van der Waals surface area (Å²) in [5.41, 5.74) is 1.33. The molecule has 2 saturated carbocycles. The van der Waals surface area contributed by atoms with Gasteiger partial charge in [-0.25, -0.2) is 4.39 Å². The van der Waals surface area contributed by atoms with Gasteiger partial charge in [-0.2, -0.15) is 22.0 Å². The third-order valence-electron chi connectivity index (χ3n) is 11.6. The van der Waals surface area contributed by atoms with Crippen LogP contribution in [-0.4, -0.2) is 53.0 Å². The standard InChI is InChI=1S/C34H51F6NO2/c1-31-16-13-25-26-22-28(35)29(42)21-24(26)20-23(30(25)27(31)14-17-32(31,2)43)12-8-7-11-19-41(3)18-10-6-4-5-9-15-33(36,37)34(38,39)40/h21-23,25,27,30,42-43H,4-20H2,1-3H3/t23-,25-,27+,30-,31+,32-/m1/s1. The maximum Gasteiger partial charge on any atom is 0.453 e. The van der Waals surface area contributed by atoms with E-state index >= 15 is 0 Å². The number of unbranched alkanes of at least 4 members (excludes halogenated alkanes) is 6. The number of benzene rings is 1. The fourth-order valence-corrected chi connectivity index (χ4v) is 8.79. The molecule has 0 heterocycles. The van der Waals surface area contributed by atoms with E-state index in [4.69, 9.17) is 0 Å². The number of phenolic OH excluding ortho intramolecular Hbond substituents is 1. The van der Waals surface area contributed by atoms with Gasteiger partial charge >= 0.3 is 12.1 Å². The van der Waals surface area contributed by atoms with Crippen LogP contribution in [0.5, 0.6) is 5.75 Å². The van der Waals surface area contributed by atoms with Gasteiger partial charge in [0.05, 0.1) is 5.60 Å². The van der Waals surface area contributed by atoms with E-state index in [1.165, 1.54) is 0 Å². The number of aliphatic hydroxyl groups is 1. The molecule has 0 spiro atoms. The molecule has 2 N–H and O–H groups in total. The molecular formula is C34H51F6NO2. The maximum absolute atomic E-state index is 14.5. The predicted octanol–water partition coefficient (Wildman–Crippen LogP) is 9.39. The molecule has 6 atom stereocenters. The molecule has 0 unspecified atom stereocenters. The van der Waals surface area contributed by atoms with Gasteiger partial charge in [0, 0.05) is 6.42 Å². The lowest BCUT2D eigenvalue weighted by molar-refractivity contribution is -0.284. The maximum atomic E-state index is 14.5. The van der Waals surface area contributed by atoms with Crippen LogP contribution >= 0.6 is 0 Å². The fraction of sp³-hybridized carbons (Fsp3) is 0.824. The summed E-state index contributed by atoms with van der Waals surface area (Å²) < 4.78 is 77.2. The summed E-state index contributed by atoms with van der Waals surface area (Å²) in [4.78, 5) is 2.26. The number of fused-ring (bicyclic) bond motifs is 5. The molecule has 0 saturated heterocycles. The summed E-state index contributed by atoms with van der Waals surface area (Å²) in [5.74, 6) is -3.88. The highest BCUT2D eigenvalue weighted by Gasteiger charge is 2.61. The molecule has 3 aliphatic carbocycles. The predicted molar refractivity (Wildman–Crippen MR) is 157 cm³/mol. The van der Waals surface area contributed by atoms with Crippen molar-refractivity contribution in [2.75, 3.05) is 20.1 Å². The highest BCUT2D eigenvalue weighted by Crippen LogP contribution is 2.65. The zero-order chi connectivity index (χ0) is 31.6. The molecule has 0 radical (unpaired) electrons. The molecule has 43 heavy (non-hydrogen) atoms. The zero-order valence-electron chi connectivity index (χ0n) is 26.1. The summed E-state index contributed by atoms with van der Waals surface area (Å²) in [6.45, 7) is 6.08. The van der Waals surface area contributed by atoms with Crippen molar-refractivity contribution >= 4 is 0 Å². The van der Waals surface area contributed by atoms with Gasteiger partial charge in [0.25, 0.3) is 0 Å². The monoisotopic (exact) mass is 619 g/mol. The fourth-order valence-electron chi connectivity index (χ4n) is 8.79. The Morgan fingerprint density at radius 2 is 1.51 bits per heavy atom. The van der Waals surface area contributed by atoms with Gasteiger partial charge in [-0.3, -0.25) is 0 Å². The van der Waals surface area contributed by atoms with E-state index in [-0.39, 0.29) is 23.5 Å². The van der Waals surface area contributed by atoms with Crippen LogP contribution < -0.4 is 0 Å². The molecule has 1 aromatic carbocycles. The Labute approximate surface area is 253 Å². The lowest BCUT2D eigenvalue weighted by Crippen LogP contribution is -2.51. The molecule has 3 nitrogen and oxygen atoms in total. The van der Waals surface area contributed by atoms with Gasteiger partial charge in [-0.15, -0.1) is 0 Å². The first-order chi connectivity index (χ1) is 20.1. The Morgan fingerprint density at radius 3 is 2.19 bits per heavy atom. The quantitative estimate of drug-likeness (QED) is 0.161. The van der Waals surface area contributed by atoms with E-state index in [1.807, 2.05) is 6.92 Å². The second-order valence-electron chi connectivity index (χ2n) is 14.4. The molecule has 0 aliphatic heterocycles. The van der Waals surface area contributed by atoms with Gasteiger partial charge < -0.3 is 15.1 Å². The Hall–Kier alpha value is -1.48. The van der Waals surface area contributed by atoms with Crippen molar-refractivity contribution in [1.29, 1.82) is 0 Å². The van der Waals surface area contributed by atoms with Crippen LogP contribution in [0.2, 0.25) is 0 Å². The highest BCUT2D eigenvalue weighted by atomic mass is 19.4. The number of nitrogens with zero attached hydrogens (tertiary/aromatic N) is 1. The Bertz CT molecular complexity index is 1080. The number of aromatic hydroxyl groups is 1. The van der Waals surface area contributed by atoms with E-state index in [0.717, 1.165) is 94.8 Å². The number of alkyl halides is 5. The molecule has 9 heteroatoms. The average Bonchev–Trinajstić information content (AvgIpc) is 3.16. The lowest BCUT2D eigenvalue weighted by atomic mass is 9.50. The van der Waals surface area contributed by atoms with Crippen molar-refractivity contribution in [3.63, 3.8) is 0 Å². The second-order valence-corrected chi connectivity index (χ2v) is 14.4. The molecule has 2 fully saturated rings. The highest BCUT2D eigenvalue weighted by molar-refractivity contribution is 5.42. The molecule has 0 aromatic heterocycles. The molecule has 246 valence electrons. The normalized spacial score (nSPS) is 30.8. The van der Waals surface area contributed by atoms with Crippen molar-refractivity contribution in [3.05, 3.63) is 29.1 Å². The van der Waals surface area contributed by atoms with Crippen molar-refractivity contribution in [1.82, 2.24) is 4.90 Å². The molecule has 3 aliphatic rings. The van der Waals surface area contributed by atoms with Gasteiger partial charge in [-0.05, 0) is 137 Å². The van der Waals surface area contributed by atoms with E-state index in [9.17, 15) is 36.6 Å². The first-order valence-corrected chi connectivity index (χ1v) is 16.4. The topological polar surface area (TPSA) is 43.7 Å². The van der Waals surface area contributed by atoms with Crippen LogP contribution in [0.15, 0.2) is 12.1 Å². The van der Waals surface area contributed by atoms with Crippen LogP contribution in [0, 0.1) is 29.0 Å². The van der Waals surface area contributed by atoms with Gasteiger partial charge in [0.1, 0.15) is 0 Å². The van der Waals surface area contributed by atoms with Crippen LogP contribution in [-0.2, 0) is 6.42 Å². The number of hydrogen-bond donors (Lipinski definition) is 2. The molecule has 4 rings (SSSR count). The second kappa shape index (κ2) is 13.5. The number of phenols is 1. The van der Waals surface area contributed by atoms with E-state index in [1.54, 1.807) is 12.1 Å². The average molecular weight is 620 g/mol. The number of rotatable bonds is 14. The largest absolute Gasteiger partial charge is 0.505 e. The number of halogens is 6. The minimum atomic E-state index is -5.46. The molecule has 1 aromatic rings. The van der Waals surface area contributed by atoms with E-state index < -0.39 is 29.9 Å². The molecule has 0 amide bonds. The number of hydrogen-bond acceptors (Lipinski definition) is 3. The Kier molecular flexibility index (Phi) is 10.8. The zero-order valence-corrected chi connectivity index (χ0v) is 26.1.